The van der Waals surface area contributed by atoms with Gasteiger partial charge in [-0.05, 0) is 24.1 Å². The van der Waals surface area contributed by atoms with Crippen LogP contribution in [0.15, 0.2) is 35.1 Å². The Morgan fingerprint density at radius 2 is 1.95 bits per heavy atom. The van der Waals surface area contributed by atoms with E-state index in [9.17, 15) is 14.9 Å². The molecule has 2 rings (SSSR count). The molecule has 0 spiro atoms. The maximum atomic E-state index is 11.9. The second-order valence-corrected chi connectivity index (χ2v) is 5.17. The number of nitro groups is 1. The zero-order valence-corrected chi connectivity index (χ0v) is 11.8. The second-order valence-electron chi connectivity index (χ2n) is 5.17. The van der Waals surface area contributed by atoms with Gasteiger partial charge in [-0.2, -0.15) is 5.10 Å². The summed E-state index contributed by atoms with van der Waals surface area (Å²) in [6.07, 6.45) is 0. The Morgan fingerprint density at radius 3 is 2.48 bits per heavy atom. The zero-order chi connectivity index (χ0) is 15.6. The fraction of sp³-hybridized carbons (Fsp3) is 0.286. The summed E-state index contributed by atoms with van der Waals surface area (Å²) in [4.78, 5) is 22.1. The van der Waals surface area contributed by atoms with Crippen molar-refractivity contribution in [1.82, 2.24) is 9.78 Å². The van der Waals surface area contributed by atoms with E-state index in [1.165, 1.54) is 22.9 Å². The van der Waals surface area contributed by atoms with Gasteiger partial charge in [-0.25, -0.2) is 4.68 Å². The molecule has 0 fully saturated rings. The fourth-order valence-corrected chi connectivity index (χ4v) is 1.93. The molecule has 0 amide bonds. The highest BCUT2D eigenvalue weighted by Gasteiger charge is 2.10. The van der Waals surface area contributed by atoms with E-state index < -0.39 is 4.92 Å². The summed E-state index contributed by atoms with van der Waals surface area (Å²) in [6, 6.07) is 7.45. The van der Waals surface area contributed by atoms with Gasteiger partial charge in [-0.3, -0.25) is 14.9 Å². The molecule has 0 bridgehead atoms. The van der Waals surface area contributed by atoms with Gasteiger partial charge in [0, 0.05) is 24.2 Å². The van der Waals surface area contributed by atoms with E-state index >= 15 is 0 Å². The van der Waals surface area contributed by atoms with Gasteiger partial charge in [0.1, 0.15) is 5.69 Å². The van der Waals surface area contributed by atoms with Crippen LogP contribution >= 0.6 is 0 Å². The molecule has 0 saturated carbocycles. The molecule has 1 aromatic carbocycles. The van der Waals surface area contributed by atoms with E-state index in [4.69, 9.17) is 5.73 Å². The van der Waals surface area contributed by atoms with Gasteiger partial charge in [0.2, 0.25) is 0 Å². The molecule has 0 aliphatic heterocycles. The van der Waals surface area contributed by atoms with Crippen molar-refractivity contribution in [3.63, 3.8) is 0 Å². The van der Waals surface area contributed by atoms with Crippen LogP contribution in [-0.4, -0.2) is 14.7 Å². The van der Waals surface area contributed by atoms with Crippen LogP contribution < -0.4 is 11.3 Å². The molecule has 0 radical (unpaired) electrons. The molecule has 0 aliphatic carbocycles. The summed E-state index contributed by atoms with van der Waals surface area (Å²) in [7, 11) is 0. The van der Waals surface area contributed by atoms with Crippen molar-refractivity contribution in [2.45, 2.75) is 20.4 Å². The lowest BCUT2D eigenvalue weighted by Crippen LogP contribution is -2.27. The van der Waals surface area contributed by atoms with Gasteiger partial charge in [0.15, 0.2) is 0 Å². The van der Waals surface area contributed by atoms with Gasteiger partial charge in [0.05, 0.1) is 10.6 Å². The maximum absolute atomic E-state index is 11.9. The number of anilines is 1. The Morgan fingerprint density at radius 1 is 1.33 bits per heavy atom. The van der Waals surface area contributed by atoms with Crippen LogP contribution in [0.25, 0.3) is 11.3 Å². The van der Waals surface area contributed by atoms with E-state index in [0.29, 0.717) is 17.8 Å². The Hall–Kier alpha value is -2.70. The predicted molar refractivity (Wildman–Crippen MR) is 79.8 cm³/mol. The summed E-state index contributed by atoms with van der Waals surface area (Å²) in [5.41, 5.74) is 6.71. The first-order chi connectivity index (χ1) is 9.88. The van der Waals surface area contributed by atoms with Crippen LogP contribution in [0.4, 0.5) is 11.4 Å². The largest absolute Gasteiger partial charge is 0.394 e. The van der Waals surface area contributed by atoms with E-state index in [-0.39, 0.29) is 22.9 Å². The molecule has 0 unspecified atom stereocenters. The van der Waals surface area contributed by atoms with Crippen LogP contribution in [0.2, 0.25) is 0 Å². The van der Waals surface area contributed by atoms with Crippen molar-refractivity contribution >= 4 is 11.4 Å². The van der Waals surface area contributed by atoms with Crippen LogP contribution in [0.1, 0.15) is 13.8 Å². The summed E-state index contributed by atoms with van der Waals surface area (Å²) < 4.78 is 1.33. The number of benzene rings is 1. The molecule has 0 atom stereocenters. The molecule has 2 aromatic rings. The molecule has 2 N–H and O–H groups in total. The molecular weight excluding hydrogens is 272 g/mol. The average Bonchev–Trinajstić information content (AvgIpc) is 2.43. The third-order valence-corrected chi connectivity index (χ3v) is 2.91. The first-order valence-electron chi connectivity index (χ1n) is 6.51. The SMILES string of the molecule is CC(C)Cn1nc(-c2ccc([N+](=O)[O-])cc2)cc(N)c1=O. The van der Waals surface area contributed by atoms with Crippen LogP contribution in [-0.2, 0) is 6.54 Å². The molecule has 21 heavy (non-hydrogen) atoms. The van der Waals surface area contributed by atoms with Crippen molar-refractivity contribution in [2.75, 3.05) is 5.73 Å². The lowest BCUT2D eigenvalue weighted by molar-refractivity contribution is -0.384. The van der Waals surface area contributed by atoms with Crippen LogP contribution in [0, 0.1) is 16.0 Å². The third-order valence-electron chi connectivity index (χ3n) is 2.91. The number of hydrogen-bond donors (Lipinski definition) is 1. The van der Waals surface area contributed by atoms with Crippen molar-refractivity contribution in [1.29, 1.82) is 0 Å². The normalized spacial score (nSPS) is 10.8. The minimum Gasteiger partial charge on any atom is -0.394 e. The highest BCUT2D eigenvalue weighted by atomic mass is 16.6. The number of aromatic nitrogens is 2. The highest BCUT2D eigenvalue weighted by molar-refractivity contribution is 5.63. The number of rotatable bonds is 4. The second kappa shape index (κ2) is 5.74. The smallest absolute Gasteiger partial charge is 0.289 e. The standard InChI is InChI=1S/C14H16N4O3/c1-9(2)8-17-14(19)12(15)7-13(16-17)10-3-5-11(6-4-10)18(20)21/h3-7,9H,8,15H2,1-2H3. The monoisotopic (exact) mass is 288 g/mol. The number of nitro benzene ring substituents is 1. The van der Waals surface area contributed by atoms with E-state index in [1.54, 1.807) is 12.1 Å². The van der Waals surface area contributed by atoms with Crippen molar-refractivity contribution in [2.24, 2.45) is 5.92 Å². The van der Waals surface area contributed by atoms with Crippen molar-refractivity contribution in [3.05, 3.63) is 50.8 Å². The summed E-state index contributed by atoms with van der Waals surface area (Å²) >= 11 is 0. The summed E-state index contributed by atoms with van der Waals surface area (Å²) in [5.74, 6) is 0.252. The fourth-order valence-electron chi connectivity index (χ4n) is 1.93. The van der Waals surface area contributed by atoms with Crippen molar-refractivity contribution in [3.8, 4) is 11.3 Å². The Kier molecular flexibility index (Phi) is 4.02. The first-order valence-corrected chi connectivity index (χ1v) is 6.51. The molecule has 7 nitrogen and oxygen atoms in total. The lowest BCUT2D eigenvalue weighted by atomic mass is 10.1. The zero-order valence-electron chi connectivity index (χ0n) is 11.8. The quantitative estimate of drug-likeness (QED) is 0.685. The molecule has 0 saturated heterocycles. The highest BCUT2D eigenvalue weighted by Crippen LogP contribution is 2.21. The molecule has 1 aromatic heterocycles. The molecule has 1 heterocycles. The maximum Gasteiger partial charge on any atom is 0.289 e. The Balaban J connectivity index is 2.46. The molecule has 7 heteroatoms. The molecule has 110 valence electrons. The summed E-state index contributed by atoms with van der Waals surface area (Å²) in [6.45, 7) is 4.41. The lowest BCUT2D eigenvalue weighted by Gasteiger charge is -2.10. The number of hydrogen-bond acceptors (Lipinski definition) is 5. The van der Waals surface area contributed by atoms with E-state index in [1.807, 2.05) is 13.8 Å². The minimum atomic E-state index is -0.467. The van der Waals surface area contributed by atoms with Crippen LogP contribution in [0.3, 0.4) is 0 Å². The van der Waals surface area contributed by atoms with Crippen molar-refractivity contribution < 1.29 is 4.92 Å². The van der Waals surface area contributed by atoms with Gasteiger partial charge in [-0.15, -0.1) is 0 Å². The Bertz CT molecular complexity index is 720. The van der Waals surface area contributed by atoms with E-state index in [2.05, 4.69) is 5.10 Å². The molecular formula is C14H16N4O3. The number of non-ortho nitro benzene ring substituents is 1. The number of nitrogen functional groups attached to an aromatic ring is 1. The average molecular weight is 288 g/mol. The van der Waals surface area contributed by atoms with E-state index in [0.717, 1.165) is 0 Å². The topological polar surface area (TPSA) is 104 Å². The van der Waals surface area contributed by atoms with Gasteiger partial charge in [0.25, 0.3) is 11.2 Å². The first kappa shape index (κ1) is 14.7. The van der Waals surface area contributed by atoms with Crippen LogP contribution in [0.5, 0.6) is 0 Å². The number of nitrogens with zero attached hydrogens (tertiary/aromatic N) is 3. The van der Waals surface area contributed by atoms with Gasteiger partial charge >= 0.3 is 0 Å². The third kappa shape index (κ3) is 3.25. The Labute approximate surface area is 121 Å². The molecule has 0 aliphatic rings. The van der Waals surface area contributed by atoms with Gasteiger partial charge < -0.3 is 5.73 Å². The summed E-state index contributed by atoms with van der Waals surface area (Å²) in [5, 5.41) is 14.9. The van der Waals surface area contributed by atoms with Gasteiger partial charge in [-0.1, -0.05) is 13.8 Å². The predicted octanol–water partition coefficient (Wildman–Crippen LogP) is 2.06. The number of nitrogens with two attached hydrogens (primary N) is 1. The minimum absolute atomic E-state index is 0.00206.